The molecule has 0 saturated heterocycles. The standard InChI is InChI=1S/C20H18N4O/c1-12-22-11-17(23-12)19-18(14-5-3-2-4-6-14)15-9-13(10-21)7-8-16(15)24-20(19)25/h5,7-9,11H,2-4,6H2,1H3,(H,22,23)(H,24,25). The highest BCUT2D eigenvalue weighted by molar-refractivity contribution is 5.98. The minimum absolute atomic E-state index is 0.137. The van der Waals surface area contributed by atoms with Gasteiger partial charge in [-0.25, -0.2) is 4.98 Å². The van der Waals surface area contributed by atoms with E-state index in [0.717, 1.165) is 41.6 Å². The quantitative estimate of drug-likeness (QED) is 0.743. The molecule has 0 spiro atoms. The average Bonchev–Trinajstić information content (AvgIpc) is 3.06. The highest BCUT2D eigenvalue weighted by atomic mass is 16.1. The summed E-state index contributed by atoms with van der Waals surface area (Å²) in [6, 6.07) is 7.60. The van der Waals surface area contributed by atoms with Crippen molar-refractivity contribution in [1.29, 1.82) is 5.26 Å². The number of hydrogen-bond donors (Lipinski definition) is 2. The van der Waals surface area contributed by atoms with E-state index in [4.69, 9.17) is 0 Å². The fraction of sp³-hybridized carbons (Fsp3) is 0.250. The third kappa shape index (κ3) is 2.66. The van der Waals surface area contributed by atoms with Gasteiger partial charge < -0.3 is 9.97 Å². The lowest BCUT2D eigenvalue weighted by Gasteiger charge is -2.18. The molecule has 1 aromatic carbocycles. The number of hydrogen-bond acceptors (Lipinski definition) is 3. The van der Waals surface area contributed by atoms with E-state index in [-0.39, 0.29) is 5.56 Å². The Kier molecular flexibility index (Phi) is 3.73. The summed E-state index contributed by atoms with van der Waals surface area (Å²) < 4.78 is 0. The number of nitriles is 1. The highest BCUT2D eigenvalue weighted by Crippen LogP contribution is 2.36. The van der Waals surface area contributed by atoms with Crippen molar-refractivity contribution in [1.82, 2.24) is 15.0 Å². The molecule has 0 fully saturated rings. The molecule has 2 heterocycles. The summed E-state index contributed by atoms with van der Waals surface area (Å²) >= 11 is 0. The molecule has 4 rings (SSSR count). The summed E-state index contributed by atoms with van der Waals surface area (Å²) in [5.74, 6) is 0.767. The van der Waals surface area contributed by atoms with Crippen molar-refractivity contribution in [2.75, 3.05) is 0 Å². The number of H-pyrrole nitrogens is 2. The van der Waals surface area contributed by atoms with E-state index in [9.17, 15) is 10.1 Å². The smallest absolute Gasteiger partial charge is 0.258 e. The van der Waals surface area contributed by atoms with Gasteiger partial charge in [-0.2, -0.15) is 5.26 Å². The van der Waals surface area contributed by atoms with Crippen LogP contribution in [0.15, 0.2) is 35.3 Å². The second-order valence-electron chi connectivity index (χ2n) is 6.43. The largest absolute Gasteiger partial charge is 0.342 e. The number of aryl methyl sites for hydroxylation is 1. The number of aromatic nitrogens is 3. The van der Waals surface area contributed by atoms with Crippen molar-refractivity contribution in [2.45, 2.75) is 32.6 Å². The van der Waals surface area contributed by atoms with E-state index < -0.39 is 0 Å². The number of pyridine rings is 1. The first-order chi connectivity index (χ1) is 12.2. The molecule has 5 nitrogen and oxygen atoms in total. The summed E-state index contributed by atoms with van der Waals surface area (Å²) in [4.78, 5) is 23.3. The predicted octanol–water partition coefficient (Wildman–Crippen LogP) is 4.06. The Labute approximate surface area is 145 Å². The molecule has 0 aliphatic heterocycles. The van der Waals surface area contributed by atoms with Crippen LogP contribution in [0.5, 0.6) is 0 Å². The number of nitrogens with zero attached hydrogens (tertiary/aromatic N) is 2. The first-order valence-electron chi connectivity index (χ1n) is 8.49. The van der Waals surface area contributed by atoms with Gasteiger partial charge in [-0.05, 0) is 56.4 Å². The van der Waals surface area contributed by atoms with Gasteiger partial charge in [0.15, 0.2) is 0 Å². The van der Waals surface area contributed by atoms with Crippen molar-refractivity contribution in [3.05, 3.63) is 57.8 Å². The lowest BCUT2D eigenvalue weighted by atomic mass is 9.87. The Morgan fingerprint density at radius 2 is 2.08 bits per heavy atom. The topological polar surface area (TPSA) is 85.3 Å². The van der Waals surface area contributed by atoms with Gasteiger partial charge in [0.2, 0.25) is 0 Å². The first kappa shape index (κ1) is 15.4. The predicted molar refractivity (Wildman–Crippen MR) is 98.0 cm³/mol. The van der Waals surface area contributed by atoms with Gasteiger partial charge in [0.25, 0.3) is 5.56 Å². The highest BCUT2D eigenvalue weighted by Gasteiger charge is 2.20. The Morgan fingerprint density at radius 1 is 1.20 bits per heavy atom. The van der Waals surface area contributed by atoms with Crippen LogP contribution in [0.25, 0.3) is 27.7 Å². The maximum atomic E-state index is 12.9. The molecule has 0 atom stereocenters. The first-order valence-corrected chi connectivity index (χ1v) is 8.49. The molecule has 3 aromatic rings. The van der Waals surface area contributed by atoms with Crippen molar-refractivity contribution >= 4 is 16.5 Å². The van der Waals surface area contributed by atoms with Crippen LogP contribution in [0.3, 0.4) is 0 Å². The molecule has 5 heteroatoms. The zero-order valence-corrected chi connectivity index (χ0v) is 14.0. The molecule has 1 aliphatic carbocycles. The third-order valence-electron chi connectivity index (χ3n) is 4.73. The number of allylic oxidation sites excluding steroid dienone is 2. The van der Waals surface area contributed by atoms with Gasteiger partial charge in [-0.15, -0.1) is 0 Å². The maximum Gasteiger partial charge on any atom is 0.258 e. The molecular formula is C20H18N4O. The number of nitrogens with one attached hydrogen (secondary N) is 2. The average molecular weight is 330 g/mol. The maximum absolute atomic E-state index is 12.9. The fourth-order valence-electron chi connectivity index (χ4n) is 3.57. The number of benzene rings is 1. The minimum Gasteiger partial charge on any atom is -0.342 e. The second kappa shape index (κ2) is 6.06. The Morgan fingerprint density at radius 3 is 2.76 bits per heavy atom. The Bertz CT molecular complexity index is 1100. The van der Waals surface area contributed by atoms with Gasteiger partial charge in [0, 0.05) is 16.5 Å². The van der Waals surface area contributed by atoms with Crippen molar-refractivity contribution < 1.29 is 0 Å². The van der Waals surface area contributed by atoms with E-state index in [1.807, 2.05) is 19.1 Å². The van der Waals surface area contributed by atoms with Gasteiger partial charge in [0.05, 0.1) is 29.1 Å². The monoisotopic (exact) mass is 330 g/mol. The number of fused-ring (bicyclic) bond motifs is 1. The third-order valence-corrected chi connectivity index (χ3v) is 4.73. The fourth-order valence-corrected chi connectivity index (χ4v) is 3.57. The normalized spacial score (nSPS) is 14.3. The number of imidazole rings is 1. The van der Waals surface area contributed by atoms with E-state index in [1.165, 1.54) is 12.0 Å². The van der Waals surface area contributed by atoms with Crippen LogP contribution in [0.1, 0.15) is 42.6 Å². The molecule has 0 bridgehead atoms. The summed E-state index contributed by atoms with van der Waals surface area (Å²) in [6.07, 6.45) is 8.17. The molecule has 2 aromatic heterocycles. The van der Waals surface area contributed by atoms with Crippen LogP contribution < -0.4 is 5.56 Å². The summed E-state index contributed by atoms with van der Waals surface area (Å²) in [5, 5.41) is 10.2. The molecule has 124 valence electrons. The molecule has 0 radical (unpaired) electrons. The van der Waals surface area contributed by atoms with Crippen LogP contribution in [-0.2, 0) is 0 Å². The minimum atomic E-state index is -0.137. The van der Waals surface area contributed by atoms with Gasteiger partial charge in [-0.1, -0.05) is 6.08 Å². The Balaban J connectivity index is 2.12. The molecule has 2 N–H and O–H groups in total. The second-order valence-corrected chi connectivity index (χ2v) is 6.43. The van der Waals surface area contributed by atoms with Crippen LogP contribution in [0, 0.1) is 18.3 Å². The summed E-state index contributed by atoms with van der Waals surface area (Å²) in [5.41, 5.74) is 4.64. The molecule has 1 aliphatic rings. The summed E-state index contributed by atoms with van der Waals surface area (Å²) in [6.45, 7) is 1.87. The van der Waals surface area contributed by atoms with E-state index in [0.29, 0.717) is 16.8 Å². The van der Waals surface area contributed by atoms with Gasteiger partial charge in [-0.3, -0.25) is 4.79 Å². The van der Waals surface area contributed by atoms with E-state index in [1.54, 1.807) is 12.3 Å². The van der Waals surface area contributed by atoms with Crippen molar-refractivity contribution in [2.24, 2.45) is 0 Å². The molecule has 0 unspecified atom stereocenters. The lowest BCUT2D eigenvalue weighted by molar-refractivity contribution is 0.742. The zero-order valence-electron chi connectivity index (χ0n) is 14.0. The molecule has 25 heavy (non-hydrogen) atoms. The molecule has 0 saturated carbocycles. The Hall–Kier alpha value is -3.13. The van der Waals surface area contributed by atoms with Crippen molar-refractivity contribution in [3.8, 4) is 17.3 Å². The van der Waals surface area contributed by atoms with Gasteiger partial charge in [0.1, 0.15) is 5.82 Å². The summed E-state index contributed by atoms with van der Waals surface area (Å²) in [7, 11) is 0. The zero-order chi connectivity index (χ0) is 17.4. The van der Waals surface area contributed by atoms with Crippen LogP contribution >= 0.6 is 0 Å². The SMILES string of the molecule is Cc1ncc(-c2c(C3=CCCCC3)c3cc(C#N)ccc3[nH]c2=O)[nH]1. The van der Waals surface area contributed by atoms with E-state index >= 15 is 0 Å². The number of aromatic amines is 2. The van der Waals surface area contributed by atoms with Crippen LogP contribution in [0.4, 0.5) is 0 Å². The number of rotatable bonds is 2. The van der Waals surface area contributed by atoms with Crippen LogP contribution in [-0.4, -0.2) is 15.0 Å². The molecular weight excluding hydrogens is 312 g/mol. The lowest BCUT2D eigenvalue weighted by Crippen LogP contribution is -2.13. The molecule has 0 amide bonds. The van der Waals surface area contributed by atoms with E-state index in [2.05, 4.69) is 27.1 Å². The van der Waals surface area contributed by atoms with Crippen LogP contribution in [0.2, 0.25) is 0 Å². The van der Waals surface area contributed by atoms with Gasteiger partial charge >= 0.3 is 0 Å². The van der Waals surface area contributed by atoms with Crippen molar-refractivity contribution in [3.63, 3.8) is 0 Å².